The van der Waals surface area contributed by atoms with Crippen molar-refractivity contribution in [2.75, 3.05) is 11.4 Å². The Balaban J connectivity index is 2.09. The lowest BCUT2D eigenvalue weighted by Gasteiger charge is -2.27. The second-order valence-electron chi connectivity index (χ2n) is 5.40. The number of carbonyl (C=O) groups is 1. The van der Waals surface area contributed by atoms with Crippen molar-refractivity contribution < 1.29 is 4.79 Å². The Hall–Kier alpha value is -1.39. The van der Waals surface area contributed by atoms with Crippen molar-refractivity contribution in [3.8, 4) is 0 Å². The molecular weight excluding hydrogens is 240 g/mol. The third kappa shape index (κ3) is 3.55. The van der Waals surface area contributed by atoms with Gasteiger partial charge in [0.25, 0.3) is 5.95 Å². The topological polar surface area (TPSA) is 61.9 Å². The minimum absolute atomic E-state index is 0.171. The van der Waals surface area contributed by atoms with Crippen LogP contribution in [-0.2, 0) is 4.79 Å². The smallest absolute Gasteiger partial charge is 0.251 e. The van der Waals surface area contributed by atoms with E-state index in [-0.39, 0.29) is 11.8 Å². The molecular formula is C14H24N4O. The number of aryl methyl sites for hydroxylation is 1. The molecule has 0 aliphatic heterocycles. The van der Waals surface area contributed by atoms with Crippen molar-refractivity contribution >= 4 is 11.9 Å². The van der Waals surface area contributed by atoms with E-state index < -0.39 is 0 Å². The van der Waals surface area contributed by atoms with E-state index >= 15 is 0 Å². The zero-order valence-electron chi connectivity index (χ0n) is 12.0. The standard InChI is InChI=1S/C14H24N4O/c1-3-4-10-18(14-15-11(2)16-17-14)13(19)12-8-6-5-7-9-12/h12H,3-10H2,1-2H3,(H,15,16,17). The van der Waals surface area contributed by atoms with Gasteiger partial charge in [-0.05, 0) is 26.2 Å². The fourth-order valence-electron chi connectivity index (χ4n) is 2.65. The van der Waals surface area contributed by atoms with Gasteiger partial charge in [0, 0.05) is 12.5 Å². The monoisotopic (exact) mass is 264 g/mol. The Bertz CT molecular complexity index is 409. The zero-order valence-corrected chi connectivity index (χ0v) is 12.0. The van der Waals surface area contributed by atoms with Gasteiger partial charge in [-0.1, -0.05) is 32.6 Å². The lowest BCUT2D eigenvalue weighted by Crippen LogP contribution is -2.38. The molecule has 2 rings (SSSR count). The van der Waals surface area contributed by atoms with Crippen LogP contribution in [0.3, 0.4) is 0 Å². The predicted molar refractivity (Wildman–Crippen MR) is 75.0 cm³/mol. The number of H-pyrrole nitrogens is 1. The van der Waals surface area contributed by atoms with E-state index in [2.05, 4.69) is 22.1 Å². The van der Waals surface area contributed by atoms with Gasteiger partial charge in [0.2, 0.25) is 5.91 Å². The molecule has 0 unspecified atom stereocenters. The Morgan fingerprint density at radius 2 is 2.11 bits per heavy atom. The fraction of sp³-hybridized carbons (Fsp3) is 0.786. The molecule has 1 aliphatic carbocycles. The summed E-state index contributed by atoms with van der Waals surface area (Å²) in [6.45, 7) is 4.72. The Morgan fingerprint density at radius 3 is 2.68 bits per heavy atom. The van der Waals surface area contributed by atoms with E-state index in [1.165, 1.54) is 19.3 Å². The van der Waals surface area contributed by atoms with Gasteiger partial charge in [0.15, 0.2) is 0 Å². The number of hydrogen-bond donors (Lipinski definition) is 1. The molecule has 1 amide bonds. The van der Waals surface area contributed by atoms with Crippen LogP contribution in [-0.4, -0.2) is 27.6 Å². The van der Waals surface area contributed by atoms with Crippen LogP contribution in [0.2, 0.25) is 0 Å². The summed E-state index contributed by atoms with van der Waals surface area (Å²) in [5, 5.41) is 6.98. The van der Waals surface area contributed by atoms with E-state index in [4.69, 9.17) is 0 Å². The van der Waals surface area contributed by atoms with Gasteiger partial charge in [-0.3, -0.25) is 14.8 Å². The number of anilines is 1. The normalized spacial score (nSPS) is 16.5. The molecule has 1 heterocycles. The molecule has 1 aliphatic rings. The Labute approximate surface area is 114 Å². The number of rotatable bonds is 5. The van der Waals surface area contributed by atoms with Crippen LogP contribution in [0.1, 0.15) is 57.7 Å². The summed E-state index contributed by atoms with van der Waals surface area (Å²) < 4.78 is 0. The third-order valence-corrected chi connectivity index (χ3v) is 3.78. The summed E-state index contributed by atoms with van der Waals surface area (Å²) in [4.78, 5) is 18.7. The average molecular weight is 264 g/mol. The van der Waals surface area contributed by atoms with Crippen LogP contribution in [0.25, 0.3) is 0 Å². The molecule has 1 aromatic heterocycles. The molecule has 19 heavy (non-hydrogen) atoms. The van der Waals surface area contributed by atoms with Crippen LogP contribution in [0.4, 0.5) is 5.95 Å². The molecule has 106 valence electrons. The highest BCUT2D eigenvalue weighted by atomic mass is 16.2. The van der Waals surface area contributed by atoms with Gasteiger partial charge in [-0.2, -0.15) is 4.98 Å². The number of nitrogens with zero attached hydrogens (tertiary/aromatic N) is 3. The maximum absolute atomic E-state index is 12.6. The summed E-state index contributed by atoms with van der Waals surface area (Å²) in [6, 6.07) is 0. The molecule has 1 fully saturated rings. The number of aromatic nitrogens is 3. The zero-order chi connectivity index (χ0) is 13.7. The first kappa shape index (κ1) is 14.0. The molecule has 5 nitrogen and oxygen atoms in total. The van der Waals surface area contributed by atoms with Gasteiger partial charge >= 0.3 is 0 Å². The highest BCUT2D eigenvalue weighted by Gasteiger charge is 2.28. The molecule has 0 radical (unpaired) electrons. The minimum atomic E-state index is 0.171. The largest absolute Gasteiger partial charge is 0.279 e. The first-order valence-corrected chi connectivity index (χ1v) is 7.42. The van der Waals surface area contributed by atoms with Crippen molar-refractivity contribution in [2.24, 2.45) is 5.92 Å². The van der Waals surface area contributed by atoms with Gasteiger partial charge in [0.1, 0.15) is 5.82 Å². The molecule has 1 N–H and O–H groups in total. The lowest BCUT2D eigenvalue weighted by molar-refractivity contribution is -0.123. The number of aromatic amines is 1. The Kier molecular flexibility index (Phi) is 4.93. The van der Waals surface area contributed by atoms with Crippen LogP contribution in [0.5, 0.6) is 0 Å². The van der Waals surface area contributed by atoms with Gasteiger partial charge in [-0.15, -0.1) is 5.10 Å². The first-order valence-electron chi connectivity index (χ1n) is 7.42. The maximum atomic E-state index is 12.6. The summed E-state index contributed by atoms with van der Waals surface area (Å²) in [5.41, 5.74) is 0. The maximum Gasteiger partial charge on any atom is 0.251 e. The highest BCUT2D eigenvalue weighted by Crippen LogP contribution is 2.26. The van der Waals surface area contributed by atoms with Crippen LogP contribution >= 0.6 is 0 Å². The van der Waals surface area contributed by atoms with E-state index in [0.717, 1.165) is 38.1 Å². The summed E-state index contributed by atoms with van der Waals surface area (Å²) in [6.07, 6.45) is 7.70. The summed E-state index contributed by atoms with van der Waals surface area (Å²) >= 11 is 0. The molecule has 5 heteroatoms. The molecule has 1 saturated carbocycles. The number of unbranched alkanes of at least 4 members (excludes halogenated alkanes) is 1. The van der Waals surface area contributed by atoms with Crippen molar-refractivity contribution in [1.82, 2.24) is 15.2 Å². The second-order valence-corrected chi connectivity index (χ2v) is 5.40. The SMILES string of the molecule is CCCCN(C(=O)C1CCCCC1)c1n[nH]c(C)n1. The third-order valence-electron chi connectivity index (χ3n) is 3.78. The molecule has 0 atom stereocenters. The quantitative estimate of drug-likeness (QED) is 0.889. The van der Waals surface area contributed by atoms with Crippen molar-refractivity contribution in [3.63, 3.8) is 0 Å². The van der Waals surface area contributed by atoms with Gasteiger partial charge < -0.3 is 0 Å². The second kappa shape index (κ2) is 6.68. The molecule has 0 spiro atoms. The van der Waals surface area contributed by atoms with Crippen molar-refractivity contribution in [2.45, 2.75) is 58.8 Å². The van der Waals surface area contributed by atoms with Crippen molar-refractivity contribution in [3.05, 3.63) is 5.82 Å². The van der Waals surface area contributed by atoms with E-state index in [1.54, 1.807) is 4.90 Å². The first-order chi connectivity index (χ1) is 9.22. The fourth-order valence-corrected chi connectivity index (χ4v) is 2.65. The van der Waals surface area contributed by atoms with Crippen LogP contribution in [0, 0.1) is 12.8 Å². The molecule has 0 saturated heterocycles. The number of hydrogen-bond acceptors (Lipinski definition) is 3. The Morgan fingerprint density at radius 1 is 1.37 bits per heavy atom. The summed E-state index contributed by atoms with van der Waals surface area (Å²) in [5.74, 6) is 1.69. The van der Waals surface area contributed by atoms with Crippen LogP contribution in [0.15, 0.2) is 0 Å². The van der Waals surface area contributed by atoms with E-state index in [1.807, 2.05) is 6.92 Å². The molecule has 0 bridgehead atoms. The summed E-state index contributed by atoms with van der Waals surface area (Å²) in [7, 11) is 0. The van der Waals surface area contributed by atoms with Gasteiger partial charge in [0.05, 0.1) is 0 Å². The lowest BCUT2D eigenvalue weighted by atomic mass is 9.88. The molecule has 0 aromatic carbocycles. The average Bonchev–Trinajstić information content (AvgIpc) is 2.86. The highest BCUT2D eigenvalue weighted by molar-refractivity contribution is 5.93. The van der Waals surface area contributed by atoms with E-state index in [9.17, 15) is 4.79 Å². The number of amides is 1. The van der Waals surface area contributed by atoms with E-state index in [0.29, 0.717) is 5.95 Å². The predicted octanol–water partition coefficient (Wildman–Crippen LogP) is 2.83. The molecule has 1 aromatic rings. The number of nitrogens with one attached hydrogen (secondary N) is 1. The minimum Gasteiger partial charge on any atom is -0.279 e. The van der Waals surface area contributed by atoms with Crippen molar-refractivity contribution in [1.29, 1.82) is 0 Å². The van der Waals surface area contributed by atoms with Gasteiger partial charge in [-0.25, -0.2) is 0 Å². The number of carbonyl (C=O) groups excluding carboxylic acids is 1. The van der Waals surface area contributed by atoms with Crippen LogP contribution < -0.4 is 4.90 Å².